The molecule has 0 amide bonds. The summed E-state index contributed by atoms with van der Waals surface area (Å²) < 4.78 is 4.63. The average Bonchev–Trinajstić information content (AvgIpc) is 2.27. The molecule has 1 atom stereocenters. The van der Waals surface area contributed by atoms with Gasteiger partial charge in [-0.3, -0.25) is 0 Å². The molecule has 0 rings (SSSR count). The Morgan fingerprint density at radius 3 is 1.93 bits per heavy atom. The molecule has 1 unspecified atom stereocenters. The Bertz CT molecular complexity index is 95.8. The lowest BCUT2D eigenvalue weighted by Gasteiger charge is -2.02. The summed E-state index contributed by atoms with van der Waals surface area (Å²) in [5.41, 5.74) is 0. The molecule has 0 radical (unpaired) electrons. The molecule has 5 nitrogen and oxygen atoms in total. The zero-order chi connectivity index (χ0) is 11.9. The minimum absolute atomic E-state index is 0.0278. The van der Waals surface area contributed by atoms with Crippen LogP contribution in [0.3, 0.4) is 0 Å². The fourth-order valence-electron chi connectivity index (χ4n) is 0.762. The second-order valence-corrected chi connectivity index (χ2v) is 3.04. The fraction of sp³-hybridized carbons (Fsp3) is 1.00. The van der Waals surface area contributed by atoms with Crippen molar-refractivity contribution in [2.45, 2.75) is 32.3 Å². The number of rotatable bonds is 8. The first-order chi connectivity index (χ1) is 7.22. The van der Waals surface area contributed by atoms with E-state index >= 15 is 0 Å². The van der Waals surface area contributed by atoms with Crippen LogP contribution in [0.4, 0.5) is 0 Å². The third-order valence-electron chi connectivity index (χ3n) is 1.57. The summed E-state index contributed by atoms with van der Waals surface area (Å²) in [4.78, 5) is 0. The van der Waals surface area contributed by atoms with Gasteiger partial charge in [0.05, 0.1) is 39.1 Å². The Hall–Kier alpha value is -0.200. The number of hydrogen-bond donors (Lipinski definition) is 4. The molecule has 5 heteroatoms. The highest BCUT2D eigenvalue weighted by Gasteiger charge is 1.97. The van der Waals surface area contributed by atoms with E-state index in [0.717, 1.165) is 19.3 Å². The Balaban J connectivity index is 0. The van der Waals surface area contributed by atoms with Gasteiger partial charge in [-0.15, -0.1) is 0 Å². The summed E-state index contributed by atoms with van der Waals surface area (Å²) in [5, 5.41) is 33.2. The molecule has 0 saturated heterocycles. The van der Waals surface area contributed by atoms with Gasteiger partial charge in [0, 0.05) is 0 Å². The van der Waals surface area contributed by atoms with E-state index in [1.54, 1.807) is 0 Å². The van der Waals surface area contributed by atoms with E-state index in [1.807, 2.05) is 0 Å². The number of aliphatic hydroxyl groups excluding tert-OH is 4. The maximum Gasteiger partial charge on any atom is 0.0770 e. The van der Waals surface area contributed by atoms with Crippen molar-refractivity contribution >= 4 is 0 Å². The number of ether oxygens (including phenoxy) is 1. The predicted octanol–water partition coefficient (Wildman–Crippen LogP) is -0.483. The minimum Gasteiger partial charge on any atom is -0.394 e. The largest absolute Gasteiger partial charge is 0.394 e. The van der Waals surface area contributed by atoms with Crippen molar-refractivity contribution in [3.63, 3.8) is 0 Å². The number of hydrogen-bond acceptors (Lipinski definition) is 5. The Morgan fingerprint density at radius 2 is 1.60 bits per heavy atom. The first kappa shape index (κ1) is 17.2. The monoisotopic (exact) mass is 224 g/mol. The van der Waals surface area contributed by atoms with Crippen LogP contribution in [0.2, 0.25) is 0 Å². The van der Waals surface area contributed by atoms with Crippen LogP contribution in [0.5, 0.6) is 0 Å². The van der Waals surface area contributed by atoms with Gasteiger partial charge in [0.1, 0.15) is 0 Å². The van der Waals surface area contributed by atoms with Gasteiger partial charge in [-0.25, -0.2) is 0 Å². The SMILES string of the molecule is CCCCC(O)CO.OCCOCCO. The van der Waals surface area contributed by atoms with Crippen LogP contribution in [-0.4, -0.2) is 59.6 Å². The van der Waals surface area contributed by atoms with Gasteiger partial charge in [-0.1, -0.05) is 19.8 Å². The molecule has 0 spiro atoms. The third-order valence-corrected chi connectivity index (χ3v) is 1.57. The quantitative estimate of drug-likeness (QED) is 0.418. The first-order valence-corrected chi connectivity index (χ1v) is 5.31. The standard InChI is InChI=1S/C6H14O2.C4H10O3/c1-2-3-4-6(8)5-7;5-1-3-7-4-2-6/h6-8H,2-5H2,1H3;5-6H,1-4H2. The topological polar surface area (TPSA) is 90.2 Å². The van der Waals surface area contributed by atoms with Crippen molar-refractivity contribution in [2.24, 2.45) is 0 Å². The highest BCUT2D eigenvalue weighted by Crippen LogP contribution is 1.97. The van der Waals surface area contributed by atoms with E-state index in [0.29, 0.717) is 13.2 Å². The van der Waals surface area contributed by atoms with E-state index in [-0.39, 0.29) is 19.8 Å². The van der Waals surface area contributed by atoms with E-state index in [9.17, 15) is 0 Å². The van der Waals surface area contributed by atoms with Crippen molar-refractivity contribution in [3.8, 4) is 0 Å². The first-order valence-electron chi connectivity index (χ1n) is 5.31. The van der Waals surface area contributed by atoms with Crippen molar-refractivity contribution in [3.05, 3.63) is 0 Å². The minimum atomic E-state index is -0.491. The molecule has 15 heavy (non-hydrogen) atoms. The molecule has 0 aliphatic carbocycles. The molecular weight excluding hydrogens is 200 g/mol. The highest BCUT2D eigenvalue weighted by atomic mass is 16.5. The fourth-order valence-corrected chi connectivity index (χ4v) is 0.762. The molecule has 0 aromatic carbocycles. The average molecular weight is 224 g/mol. The van der Waals surface area contributed by atoms with Crippen LogP contribution in [0.15, 0.2) is 0 Å². The van der Waals surface area contributed by atoms with Crippen molar-refractivity contribution in [2.75, 3.05) is 33.0 Å². The Labute approximate surface area is 91.3 Å². The summed E-state index contributed by atoms with van der Waals surface area (Å²) in [6.45, 7) is 2.66. The number of unbranched alkanes of at least 4 members (excludes halogenated alkanes) is 1. The predicted molar refractivity (Wildman–Crippen MR) is 57.6 cm³/mol. The maximum atomic E-state index is 8.74. The van der Waals surface area contributed by atoms with E-state index in [1.165, 1.54) is 0 Å². The Kier molecular flexibility index (Phi) is 18.6. The lowest BCUT2D eigenvalue weighted by atomic mass is 10.2. The van der Waals surface area contributed by atoms with Gasteiger partial charge < -0.3 is 25.2 Å². The number of aliphatic hydroxyl groups is 4. The zero-order valence-corrected chi connectivity index (χ0v) is 9.43. The molecule has 0 bridgehead atoms. The van der Waals surface area contributed by atoms with Crippen LogP contribution >= 0.6 is 0 Å². The smallest absolute Gasteiger partial charge is 0.0770 e. The van der Waals surface area contributed by atoms with Crippen molar-refractivity contribution in [1.29, 1.82) is 0 Å². The second kappa shape index (κ2) is 16.2. The van der Waals surface area contributed by atoms with Crippen LogP contribution in [0, 0.1) is 0 Å². The van der Waals surface area contributed by atoms with E-state index in [4.69, 9.17) is 20.4 Å². The van der Waals surface area contributed by atoms with Gasteiger partial charge in [0.2, 0.25) is 0 Å². The maximum absolute atomic E-state index is 8.74. The molecule has 0 saturated carbocycles. The van der Waals surface area contributed by atoms with Crippen LogP contribution in [0.1, 0.15) is 26.2 Å². The zero-order valence-electron chi connectivity index (χ0n) is 9.43. The molecular formula is C10H24O5. The van der Waals surface area contributed by atoms with Gasteiger partial charge in [0.25, 0.3) is 0 Å². The van der Waals surface area contributed by atoms with Gasteiger partial charge in [0.15, 0.2) is 0 Å². The van der Waals surface area contributed by atoms with Crippen LogP contribution < -0.4 is 0 Å². The Morgan fingerprint density at radius 1 is 1.07 bits per heavy atom. The molecule has 0 aliphatic rings. The lowest BCUT2D eigenvalue weighted by Crippen LogP contribution is -2.10. The molecule has 0 aliphatic heterocycles. The molecule has 0 aromatic heterocycles. The summed E-state index contributed by atoms with van der Waals surface area (Å²) >= 11 is 0. The van der Waals surface area contributed by atoms with Crippen molar-refractivity contribution < 1.29 is 25.2 Å². The summed E-state index contributed by atoms with van der Waals surface area (Å²) in [5.74, 6) is 0. The molecule has 0 heterocycles. The van der Waals surface area contributed by atoms with Crippen molar-refractivity contribution in [1.82, 2.24) is 0 Å². The van der Waals surface area contributed by atoms with Crippen LogP contribution in [0.25, 0.3) is 0 Å². The molecule has 0 aromatic rings. The van der Waals surface area contributed by atoms with Gasteiger partial charge in [-0.05, 0) is 6.42 Å². The molecule has 94 valence electrons. The van der Waals surface area contributed by atoms with E-state index < -0.39 is 6.10 Å². The molecule has 0 fully saturated rings. The summed E-state index contributed by atoms with van der Waals surface area (Å²) in [6.07, 6.45) is 2.32. The second-order valence-electron chi connectivity index (χ2n) is 3.04. The van der Waals surface area contributed by atoms with Gasteiger partial charge >= 0.3 is 0 Å². The lowest BCUT2D eigenvalue weighted by molar-refractivity contribution is 0.0650. The van der Waals surface area contributed by atoms with E-state index in [2.05, 4.69) is 11.7 Å². The van der Waals surface area contributed by atoms with Crippen LogP contribution in [-0.2, 0) is 4.74 Å². The highest BCUT2D eigenvalue weighted by molar-refractivity contribution is 4.50. The third kappa shape index (κ3) is 20.0. The normalized spacial score (nSPS) is 11.8. The summed E-state index contributed by atoms with van der Waals surface area (Å²) in [7, 11) is 0. The summed E-state index contributed by atoms with van der Waals surface area (Å²) in [6, 6.07) is 0. The molecule has 4 N–H and O–H groups in total. The van der Waals surface area contributed by atoms with Gasteiger partial charge in [-0.2, -0.15) is 0 Å².